The summed E-state index contributed by atoms with van der Waals surface area (Å²) < 4.78 is 27.3. The van der Waals surface area contributed by atoms with Gasteiger partial charge in [0.15, 0.2) is 0 Å². The lowest BCUT2D eigenvalue weighted by molar-refractivity contribution is 0.408. The Morgan fingerprint density at radius 3 is 2.47 bits per heavy atom. The fourth-order valence-corrected chi connectivity index (χ4v) is 2.48. The molecule has 1 aromatic carbocycles. The second-order valence-electron chi connectivity index (χ2n) is 2.82. The minimum atomic E-state index is -3.81. The summed E-state index contributed by atoms with van der Waals surface area (Å²) in [5.41, 5.74) is 0.616. The van der Waals surface area contributed by atoms with E-state index in [0.717, 1.165) is 0 Å². The van der Waals surface area contributed by atoms with Crippen molar-refractivity contribution in [2.45, 2.75) is 11.8 Å². The molecule has 0 saturated heterocycles. The first-order valence-electron chi connectivity index (χ1n) is 3.94. The predicted octanol–water partition coefficient (Wildman–Crippen LogP) is 1.80. The van der Waals surface area contributed by atoms with Crippen LogP contribution in [0.25, 0.3) is 0 Å². The van der Waals surface area contributed by atoms with Crippen molar-refractivity contribution in [1.82, 2.24) is 0 Å². The smallest absolute Gasteiger partial charge is 0.261 e. The zero-order valence-corrected chi connectivity index (χ0v) is 9.69. The van der Waals surface area contributed by atoms with E-state index in [1.807, 2.05) is 6.07 Å². The number of halogens is 1. The first-order valence-corrected chi connectivity index (χ1v) is 6.25. The minimum absolute atomic E-state index is 0.0417. The molecular formula is C9H8ClNO3S. The van der Waals surface area contributed by atoms with Gasteiger partial charge >= 0.3 is 0 Å². The molecule has 0 radical (unpaired) electrons. The zero-order valence-electron chi connectivity index (χ0n) is 8.11. The lowest BCUT2D eigenvalue weighted by Crippen LogP contribution is -1.99. The number of hydrogen-bond donors (Lipinski definition) is 0. The van der Waals surface area contributed by atoms with Crippen LogP contribution < -0.4 is 4.74 Å². The van der Waals surface area contributed by atoms with E-state index in [4.69, 9.17) is 20.7 Å². The molecule has 0 aromatic heterocycles. The quantitative estimate of drug-likeness (QED) is 0.745. The first kappa shape index (κ1) is 11.8. The van der Waals surface area contributed by atoms with E-state index < -0.39 is 9.05 Å². The Kier molecular flexibility index (Phi) is 3.22. The van der Waals surface area contributed by atoms with E-state index in [-0.39, 0.29) is 16.2 Å². The Balaban J connectivity index is 3.59. The normalized spacial score (nSPS) is 10.8. The Morgan fingerprint density at radius 2 is 2.07 bits per heavy atom. The second-order valence-corrected chi connectivity index (χ2v) is 5.35. The summed E-state index contributed by atoms with van der Waals surface area (Å²) in [6.45, 7) is 1.54. The Morgan fingerprint density at radius 1 is 1.47 bits per heavy atom. The van der Waals surface area contributed by atoms with E-state index >= 15 is 0 Å². The molecule has 80 valence electrons. The summed E-state index contributed by atoms with van der Waals surface area (Å²) in [7, 11) is 2.78. The molecule has 0 aliphatic carbocycles. The molecule has 0 spiro atoms. The van der Waals surface area contributed by atoms with Gasteiger partial charge in [-0.15, -0.1) is 0 Å². The third-order valence-electron chi connectivity index (χ3n) is 1.94. The molecule has 0 fully saturated rings. The van der Waals surface area contributed by atoms with E-state index in [9.17, 15) is 8.42 Å². The molecule has 0 unspecified atom stereocenters. The van der Waals surface area contributed by atoms with Crippen LogP contribution >= 0.6 is 10.7 Å². The van der Waals surface area contributed by atoms with Crippen molar-refractivity contribution < 1.29 is 13.2 Å². The highest BCUT2D eigenvalue weighted by Crippen LogP contribution is 2.30. The second kappa shape index (κ2) is 4.09. The third-order valence-corrected chi connectivity index (χ3v) is 3.41. The lowest BCUT2D eigenvalue weighted by Gasteiger charge is -2.09. The number of nitriles is 1. The fourth-order valence-electron chi connectivity index (χ4n) is 1.29. The SMILES string of the molecule is COc1c(C#N)ccc(S(=O)(=O)Cl)c1C. The summed E-state index contributed by atoms with van der Waals surface area (Å²) in [5.74, 6) is 0.235. The molecule has 0 N–H and O–H groups in total. The largest absolute Gasteiger partial charge is 0.495 e. The molecule has 0 aliphatic rings. The van der Waals surface area contributed by atoms with Gasteiger partial charge in [0.2, 0.25) is 0 Å². The molecule has 0 heterocycles. The molecule has 6 heteroatoms. The van der Waals surface area contributed by atoms with Crippen molar-refractivity contribution in [3.63, 3.8) is 0 Å². The number of methoxy groups -OCH3 is 1. The standard InChI is InChI=1S/C9H8ClNO3S/c1-6-8(15(10,12)13)4-3-7(5-11)9(6)14-2/h3-4H,1-2H3. The molecule has 0 saturated carbocycles. The molecule has 0 aliphatic heterocycles. The van der Waals surface area contributed by atoms with E-state index in [2.05, 4.69) is 0 Å². The summed E-state index contributed by atoms with van der Waals surface area (Å²) in [4.78, 5) is -0.0417. The van der Waals surface area contributed by atoms with Crippen molar-refractivity contribution in [1.29, 1.82) is 5.26 Å². The van der Waals surface area contributed by atoms with Crippen LogP contribution in [0, 0.1) is 18.3 Å². The van der Waals surface area contributed by atoms with Crippen LogP contribution in [0.5, 0.6) is 5.75 Å². The lowest BCUT2D eigenvalue weighted by atomic mass is 10.1. The van der Waals surface area contributed by atoms with Crippen LogP contribution in [0.2, 0.25) is 0 Å². The fraction of sp³-hybridized carbons (Fsp3) is 0.222. The van der Waals surface area contributed by atoms with Crippen LogP contribution in [0.1, 0.15) is 11.1 Å². The monoisotopic (exact) mass is 245 g/mol. The van der Waals surface area contributed by atoms with Gasteiger partial charge in [0.05, 0.1) is 17.6 Å². The maximum Gasteiger partial charge on any atom is 0.261 e. The molecule has 4 nitrogen and oxygen atoms in total. The summed E-state index contributed by atoms with van der Waals surface area (Å²) in [5, 5.41) is 8.76. The van der Waals surface area contributed by atoms with Crippen LogP contribution in [0.4, 0.5) is 0 Å². The summed E-state index contributed by atoms with van der Waals surface area (Å²) in [6, 6.07) is 4.56. The molecule has 1 aromatic rings. The summed E-state index contributed by atoms with van der Waals surface area (Å²) >= 11 is 0. The third kappa shape index (κ3) is 2.22. The molecule has 1 rings (SSSR count). The number of nitrogens with zero attached hydrogens (tertiary/aromatic N) is 1. The van der Waals surface area contributed by atoms with Gasteiger partial charge in [0.1, 0.15) is 11.8 Å². The Labute approximate surface area is 92.5 Å². The number of rotatable bonds is 2. The van der Waals surface area contributed by atoms with Crippen molar-refractivity contribution >= 4 is 19.7 Å². The molecular weight excluding hydrogens is 238 g/mol. The van der Waals surface area contributed by atoms with Gasteiger partial charge in [-0.05, 0) is 19.1 Å². The van der Waals surface area contributed by atoms with Crippen LogP contribution in [0.3, 0.4) is 0 Å². The highest BCUT2D eigenvalue weighted by atomic mass is 35.7. The van der Waals surface area contributed by atoms with Gasteiger partial charge in [-0.25, -0.2) is 8.42 Å². The van der Waals surface area contributed by atoms with Gasteiger partial charge in [0.25, 0.3) is 9.05 Å². The molecule has 0 bridgehead atoms. The average Bonchev–Trinajstić information content (AvgIpc) is 2.15. The maximum absolute atomic E-state index is 11.1. The van der Waals surface area contributed by atoms with Gasteiger partial charge in [-0.3, -0.25) is 0 Å². The maximum atomic E-state index is 11.1. The van der Waals surface area contributed by atoms with Crippen LogP contribution in [0.15, 0.2) is 17.0 Å². The van der Waals surface area contributed by atoms with Gasteiger partial charge in [0, 0.05) is 16.2 Å². The van der Waals surface area contributed by atoms with E-state index in [1.54, 1.807) is 0 Å². The highest BCUT2D eigenvalue weighted by molar-refractivity contribution is 8.13. The number of benzene rings is 1. The topological polar surface area (TPSA) is 67.2 Å². The van der Waals surface area contributed by atoms with Crippen molar-refractivity contribution in [2.75, 3.05) is 7.11 Å². The van der Waals surface area contributed by atoms with E-state index in [0.29, 0.717) is 5.56 Å². The Hall–Kier alpha value is -1.25. The number of ether oxygens (including phenoxy) is 1. The summed E-state index contributed by atoms with van der Waals surface area (Å²) in [6.07, 6.45) is 0. The van der Waals surface area contributed by atoms with Gasteiger partial charge in [-0.1, -0.05) is 0 Å². The number of hydrogen-bond acceptors (Lipinski definition) is 4. The van der Waals surface area contributed by atoms with Gasteiger partial charge in [-0.2, -0.15) is 5.26 Å². The van der Waals surface area contributed by atoms with Crippen molar-refractivity contribution in [3.8, 4) is 11.8 Å². The predicted molar refractivity (Wildman–Crippen MR) is 55.5 cm³/mol. The van der Waals surface area contributed by atoms with Crippen LogP contribution in [-0.4, -0.2) is 15.5 Å². The van der Waals surface area contributed by atoms with E-state index in [1.165, 1.54) is 26.2 Å². The average molecular weight is 246 g/mol. The van der Waals surface area contributed by atoms with Crippen molar-refractivity contribution in [2.24, 2.45) is 0 Å². The molecule has 15 heavy (non-hydrogen) atoms. The first-order chi connectivity index (χ1) is 6.91. The minimum Gasteiger partial charge on any atom is -0.495 e. The van der Waals surface area contributed by atoms with Crippen molar-refractivity contribution in [3.05, 3.63) is 23.3 Å². The molecule has 0 amide bonds. The Bertz CT molecular complexity index is 531. The highest BCUT2D eigenvalue weighted by Gasteiger charge is 2.18. The van der Waals surface area contributed by atoms with Crippen LogP contribution in [-0.2, 0) is 9.05 Å². The zero-order chi connectivity index (χ0) is 11.6. The molecule has 0 atom stereocenters. The van der Waals surface area contributed by atoms with Gasteiger partial charge < -0.3 is 4.74 Å².